The molecule has 0 aromatic heterocycles. The SMILES string of the molecule is O=S1(=O)CCN[C@@H](C2CCC2)C1. The van der Waals surface area contributed by atoms with Gasteiger partial charge >= 0.3 is 0 Å². The Hall–Kier alpha value is -0.0900. The van der Waals surface area contributed by atoms with Crippen LogP contribution in [-0.2, 0) is 9.84 Å². The highest BCUT2D eigenvalue weighted by Crippen LogP contribution is 2.30. The first-order chi connectivity index (χ1) is 5.67. The van der Waals surface area contributed by atoms with E-state index in [2.05, 4.69) is 5.32 Å². The zero-order valence-electron chi connectivity index (χ0n) is 7.12. The summed E-state index contributed by atoms with van der Waals surface area (Å²) in [6.45, 7) is 0.656. The summed E-state index contributed by atoms with van der Waals surface area (Å²) in [4.78, 5) is 0. The molecule has 1 heterocycles. The van der Waals surface area contributed by atoms with E-state index in [-0.39, 0.29) is 6.04 Å². The van der Waals surface area contributed by atoms with Gasteiger partial charge in [0.25, 0.3) is 0 Å². The summed E-state index contributed by atoms with van der Waals surface area (Å²) >= 11 is 0. The zero-order chi connectivity index (χ0) is 8.60. The Morgan fingerprint density at radius 1 is 1.25 bits per heavy atom. The third-order valence-corrected chi connectivity index (χ3v) is 4.67. The Morgan fingerprint density at radius 2 is 2.00 bits per heavy atom. The number of hydrogen-bond donors (Lipinski definition) is 1. The largest absolute Gasteiger partial charge is 0.312 e. The van der Waals surface area contributed by atoms with Gasteiger partial charge in [-0.05, 0) is 18.8 Å². The van der Waals surface area contributed by atoms with Gasteiger partial charge in [0.1, 0.15) is 0 Å². The fraction of sp³-hybridized carbons (Fsp3) is 1.00. The van der Waals surface area contributed by atoms with Gasteiger partial charge in [-0.1, -0.05) is 6.42 Å². The predicted octanol–water partition coefficient (Wildman–Crippen LogP) is 0.173. The molecule has 3 nitrogen and oxygen atoms in total. The van der Waals surface area contributed by atoms with Crippen LogP contribution in [0.2, 0.25) is 0 Å². The number of rotatable bonds is 1. The van der Waals surface area contributed by atoms with Crippen LogP contribution in [0.5, 0.6) is 0 Å². The topological polar surface area (TPSA) is 46.2 Å². The molecule has 0 spiro atoms. The summed E-state index contributed by atoms with van der Waals surface area (Å²) < 4.78 is 22.5. The van der Waals surface area contributed by atoms with E-state index >= 15 is 0 Å². The van der Waals surface area contributed by atoms with Crippen molar-refractivity contribution in [3.63, 3.8) is 0 Å². The second kappa shape index (κ2) is 3.00. The molecule has 4 heteroatoms. The van der Waals surface area contributed by atoms with Gasteiger partial charge in [0, 0.05) is 12.6 Å². The van der Waals surface area contributed by atoms with Crippen molar-refractivity contribution in [2.45, 2.75) is 25.3 Å². The second-order valence-electron chi connectivity index (χ2n) is 3.87. The Balaban J connectivity index is 1.98. The van der Waals surface area contributed by atoms with Crippen LogP contribution in [0.3, 0.4) is 0 Å². The lowest BCUT2D eigenvalue weighted by Gasteiger charge is -2.36. The molecule has 0 amide bonds. The molecule has 1 atom stereocenters. The van der Waals surface area contributed by atoms with Crippen LogP contribution < -0.4 is 5.32 Å². The van der Waals surface area contributed by atoms with Crippen LogP contribution >= 0.6 is 0 Å². The summed E-state index contributed by atoms with van der Waals surface area (Å²) in [6, 6.07) is 0.262. The van der Waals surface area contributed by atoms with E-state index in [9.17, 15) is 8.42 Å². The molecule has 2 fully saturated rings. The molecule has 2 rings (SSSR count). The number of hydrogen-bond acceptors (Lipinski definition) is 3. The lowest BCUT2D eigenvalue weighted by atomic mass is 9.80. The van der Waals surface area contributed by atoms with Crippen molar-refractivity contribution in [1.82, 2.24) is 5.32 Å². The van der Waals surface area contributed by atoms with Crippen molar-refractivity contribution in [2.75, 3.05) is 18.1 Å². The molecule has 1 N–H and O–H groups in total. The molecular weight excluding hydrogens is 174 g/mol. The van der Waals surface area contributed by atoms with Gasteiger partial charge in [0.15, 0.2) is 9.84 Å². The highest BCUT2D eigenvalue weighted by Gasteiger charge is 2.33. The van der Waals surface area contributed by atoms with Crippen LogP contribution in [-0.4, -0.2) is 32.5 Å². The first-order valence-electron chi connectivity index (χ1n) is 4.61. The number of nitrogens with one attached hydrogen (secondary N) is 1. The highest BCUT2D eigenvalue weighted by atomic mass is 32.2. The van der Waals surface area contributed by atoms with Crippen LogP contribution in [0.1, 0.15) is 19.3 Å². The maximum atomic E-state index is 11.3. The van der Waals surface area contributed by atoms with E-state index in [1.807, 2.05) is 0 Å². The van der Waals surface area contributed by atoms with Crippen LogP contribution in [0.25, 0.3) is 0 Å². The first kappa shape index (κ1) is 8.51. The Bertz CT molecular complexity index is 256. The van der Waals surface area contributed by atoms with E-state index < -0.39 is 9.84 Å². The van der Waals surface area contributed by atoms with E-state index in [0.717, 1.165) is 0 Å². The molecule has 2 aliphatic rings. The van der Waals surface area contributed by atoms with E-state index in [1.54, 1.807) is 0 Å². The molecule has 0 unspecified atom stereocenters. The van der Waals surface area contributed by atoms with Crippen LogP contribution in [0, 0.1) is 5.92 Å². The average Bonchev–Trinajstić information content (AvgIpc) is 1.80. The van der Waals surface area contributed by atoms with Gasteiger partial charge in [0.2, 0.25) is 0 Å². The Kier molecular flexibility index (Phi) is 2.12. The molecule has 1 saturated heterocycles. The quantitative estimate of drug-likeness (QED) is 0.640. The van der Waals surface area contributed by atoms with Gasteiger partial charge in [-0.15, -0.1) is 0 Å². The average molecular weight is 189 g/mol. The summed E-state index contributed by atoms with van der Waals surface area (Å²) in [5.41, 5.74) is 0. The minimum absolute atomic E-state index is 0.262. The molecule has 12 heavy (non-hydrogen) atoms. The molecule has 1 aliphatic heterocycles. The molecule has 1 saturated carbocycles. The third kappa shape index (κ3) is 1.64. The van der Waals surface area contributed by atoms with Crippen LogP contribution in [0.15, 0.2) is 0 Å². The van der Waals surface area contributed by atoms with Gasteiger partial charge in [0.05, 0.1) is 11.5 Å². The molecule has 70 valence electrons. The van der Waals surface area contributed by atoms with Gasteiger partial charge in [-0.2, -0.15) is 0 Å². The summed E-state index contributed by atoms with van der Waals surface area (Å²) in [5, 5.41) is 3.30. The molecule has 0 aromatic rings. The fourth-order valence-electron chi connectivity index (χ4n) is 1.96. The predicted molar refractivity (Wildman–Crippen MR) is 47.8 cm³/mol. The summed E-state index contributed by atoms with van der Waals surface area (Å²) in [6.07, 6.45) is 3.71. The maximum absolute atomic E-state index is 11.3. The monoisotopic (exact) mass is 189 g/mol. The Morgan fingerprint density at radius 3 is 2.50 bits per heavy atom. The molecule has 0 radical (unpaired) electrons. The van der Waals surface area contributed by atoms with Crippen molar-refractivity contribution < 1.29 is 8.42 Å². The normalized spacial score (nSPS) is 35.8. The van der Waals surface area contributed by atoms with Gasteiger partial charge in [-0.3, -0.25) is 0 Å². The fourth-order valence-corrected chi connectivity index (χ4v) is 3.49. The summed E-state index contributed by atoms with van der Waals surface area (Å²) in [5.74, 6) is 1.34. The Labute approximate surface area is 73.5 Å². The van der Waals surface area contributed by atoms with E-state index in [1.165, 1.54) is 19.3 Å². The van der Waals surface area contributed by atoms with E-state index in [0.29, 0.717) is 24.0 Å². The standard InChI is InChI=1S/C8H15NO2S/c10-12(11)5-4-9-8(6-12)7-2-1-3-7/h7-9H,1-6H2/t8-/m1/s1. The lowest BCUT2D eigenvalue weighted by Crippen LogP contribution is -2.50. The van der Waals surface area contributed by atoms with Crippen molar-refractivity contribution in [2.24, 2.45) is 5.92 Å². The van der Waals surface area contributed by atoms with Gasteiger partial charge in [-0.25, -0.2) is 8.42 Å². The van der Waals surface area contributed by atoms with Crippen molar-refractivity contribution in [1.29, 1.82) is 0 Å². The highest BCUT2D eigenvalue weighted by molar-refractivity contribution is 7.91. The smallest absolute Gasteiger partial charge is 0.153 e. The third-order valence-electron chi connectivity index (χ3n) is 2.97. The molecule has 0 bridgehead atoms. The van der Waals surface area contributed by atoms with Crippen LogP contribution in [0.4, 0.5) is 0 Å². The minimum atomic E-state index is -2.72. The van der Waals surface area contributed by atoms with E-state index in [4.69, 9.17) is 0 Å². The van der Waals surface area contributed by atoms with Crippen molar-refractivity contribution >= 4 is 9.84 Å². The zero-order valence-corrected chi connectivity index (χ0v) is 7.94. The lowest BCUT2D eigenvalue weighted by molar-refractivity contribution is 0.241. The molecular formula is C8H15NO2S. The number of sulfone groups is 1. The van der Waals surface area contributed by atoms with Crippen molar-refractivity contribution in [3.05, 3.63) is 0 Å². The minimum Gasteiger partial charge on any atom is -0.312 e. The molecule has 1 aliphatic carbocycles. The first-order valence-corrected chi connectivity index (χ1v) is 6.43. The maximum Gasteiger partial charge on any atom is 0.153 e. The van der Waals surface area contributed by atoms with Gasteiger partial charge < -0.3 is 5.32 Å². The summed E-state index contributed by atoms with van der Waals surface area (Å²) in [7, 11) is -2.72. The van der Waals surface area contributed by atoms with Crippen molar-refractivity contribution in [3.8, 4) is 0 Å². The molecule has 0 aromatic carbocycles. The second-order valence-corrected chi connectivity index (χ2v) is 6.09.